The van der Waals surface area contributed by atoms with Gasteiger partial charge in [-0.2, -0.15) is 13.2 Å². The van der Waals surface area contributed by atoms with E-state index in [0.29, 0.717) is 18.4 Å². The van der Waals surface area contributed by atoms with Gasteiger partial charge in [0.25, 0.3) is 0 Å². The maximum Gasteiger partial charge on any atom is 0.416 e. The molecule has 0 heterocycles. The van der Waals surface area contributed by atoms with E-state index in [9.17, 15) is 23.1 Å². The third-order valence-corrected chi connectivity index (χ3v) is 3.33. The third kappa shape index (κ3) is 3.80. The average Bonchev–Trinajstić information content (AvgIpc) is 2.37. The van der Waals surface area contributed by atoms with Gasteiger partial charge in [-0.25, -0.2) is 0 Å². The molecule has 0 bridgehead atoms. The quantitative estimate of drug-likeness (QED) is 0.893. The van der Waals surface area contributed by atoms with Crippen molar-refractivity contribution < 1.29 is 23.1 Å². The number of halogens is 3. The fourth-order valence-electron chi connectivity index (χ4n) is 1.81. The van der Waals surface area contributed by atoms with Crippen molar-refractivity contribution in [2.75, 3.05) is 0 Å². The summed E-state index contributed by atoms with van der Waals surface area (Å²) in [5.74, 6) is -0.364. The minimum atomic E-state index is -4.38. The molecule has 19 heavy (non-hydrogen) atoms. The van der Waals surface area contributed by atoms with Gasteiger partial charge in [0.15, 0.2) is 5.78 Å². The highest BCUT2D eigenvalue weighted by molar-refractivity contribution is 5.88. The largest absolute Gasteiger partial charge is 0.416 e. The number of alkyl halides is 3. The lowest BCUT2D eigenvalue weighted by atomic mass is 9.88. The Morgan fingerprint density at radius 2 is 1.58 bits per heavy atom. The van der Waals surface area contributed by atoms with Gasteiger partial charge in [0.2, 0.25) is 0 Å². The number of Topliss-reactive ketones (excluding diaryl/α,β-unsaturated/α-hetero) is 1. The summed E-state index contributed by atoms with van der Waals surface area (Å²) in [5.41, 5.74) is -1.66. The van der Waals surface area contributed by atoms with Crippen LogP contribution in [0, 0.1) is 0 Å². The molecule has 1 N–H and O–H groups in total. The highest BCUT2D eigenvalue weighted by Crippen LogP contribution is 2.29. The van der Waals surface area contributed by atoms with Gasteiger partial charge in [0, 0.05) is 6.42 Å². The van der Waals surface area contributed by atoms with Crippen LogP contribution < -0.4 is 0 Å². The lowest BCUT2D eigenvalue weighted by molar-refractivity contribution is -0.137. The Balaban J connectivity index is 2.82. The van der Waals surface area contributed by atoms with Crippen molar-refractivity contribution in [3.63, 3.8) is 0 Å². The van der Waals surface area contributed by atoms with Crippen molar-refractivity contribution in [3.8, 4) is 0 Å². The number of ketones is 1. The molecule has 106 valence electrons. The summed E-state index contributed by atoms with van der Waals surface area (Å²) in [6.07, 6.45) is -3.85. The summed E-state index contributed by atoms with van der Waals surface area (Å²) >= 11 is 0. The zero-order chi connectivity index (χ0) is 14.7. The zero-order valence-corrected chi connectivity index (χ0v) is 10.9. The van der Waals surface area contributed by atoms with Crippen molar-refractivity contribution in [1.29, 1.82) is 0 Å². The van der Waals surface area contributed by atoms with E-state index in [2.05, 4.69) is 0 Å². The van der Waals surface area contributed by atoms with E-state index in [1.54, 1.807) is 13.8 Å². The highest BCUT2D eigenvalue weighted by atomic mass is 19.4. The predicted molar refractivity (Wildman–Crippen MR) is 65.7 cm³/mol. The van der Waals surface area contributed by atoms with Crippen LogP contribution in [-0.4, -0.2) is 16.5 Å². The maximum atomic E-state index is 12.4. The second kappa shape index (κ2) is 5.74. The van der Waals surface area contributed by atoms with Gasteiger partial charge in [0.1, 0.15) is 5.60 Å². The van der Waals surface area contributed by atoms with E-state index in [4.69, 9.17) is 0 Å². The number of aliphatic hydroxyl groups is 1. The maximum absolute atomic E-state index is 12.4. The molecule has 0 spiro atoms. The molecule has 0 saturated heterocycles. The molecular weight excluding hydrogens is 257 g/mol. The first-order chi connectivity index (χ1) is 8.73. The van der Waals surface area contributed by atoms with Crippen LogP contribution >= 0.6 is 0 Å². The molecule has 0 amide bonds. The van der Waals surface area contributed by atoms with Crippen LogP contribution in [0.2, 0.25) is 0 Å². The Morgan fingerprint density at radius 1 is 1.11 bits per heavy atom. The third-order valence-electron chi connectivity index (χ3n) is 3.33. The molecular formula is C14H17F3O2. The minimum Gasteiger partial charge on any atom is -0.382 e. The van der Waals surface area contributed by atoms with Gasteiger partial charge in [-0.3, -0.25) is 4.79 Å². The number of rotatable bonds is 5. The Kier molecular flexibility index (Phi) is 4.74. The molecule has 0 fully saturated rings. The molecule has 0 aliphatic carbocycles. The SMILES string of the molecule is CCC(O)(CC)C(=O)Cc1ccc(C(F)(F)F)cc1. The normalized spacial score (nSPS) is 12.5. The highest BCUT2D eigenvalue weighted by Gasteiger charge is 2.32. The zero-order valence-electron chi connectivity index (χ0n) is 10.9. The van der Waals surface area contributed by atoms with Crippen molar-refractivity contribution in [2.45, 2.75) is 44.9 Å². The van der Waals surface area contributed by atoms with Gasteiger partial charge in [-0.05, 0) is 30.5 Å². The minimum absolute atomic E-state index is 0.0592. The molecule has 2 nitrogen and oxygen atoms in total. The molecule has 0 unspecified atom stereocenters. The van der Waals surface area contributed by atoms with Crippen LogP contribution in [0.4, 0.5) is 13.2 Å². The summed E-state index contributed by atoms with van der Waals surface area (Å²) in [5, 5.41) is 10.0. The van der Waals surface area contributed by atoms with Gasteiger partial charge >= 0.3 is 6.18 Å². The monoisotopic (exact) mass is 274 g/mol. The van der Waals surface area contributed by atoms with Crippen molar-refractivity contribution in [2.24, 2.45) is 0 Å². The van der Waals surface area contributed by atoms with Crippen molar-refractivity contribution >= 4 is 5.78 Å². The molecule has 0 aliphatic rings. The Bertz CT molecular complexity index is 431. The number of hydrogen-bond acceptors (Lipinski definition) is 2. The second-order valence-electron chi connectivity index (χ2n) is 4.53. The number of benzene rings is 1. The van der Waals surface area contributed by atoms with Crippen LogP contribution in [0.15, 0.2) is 24.3 Å². The fraction of sp³-hybridized carbons (Fsp3) is 0.500. The lowest BCUT2D eigenvalue weighted by Crippen LogP contribution is -2.38. The lowest BCUT2D eigenvalue weighted by Gasteiger charge is -2.23. The van der Waals surface area contributed by atoms with Crippen LogP contribution in [0.5, 0.6) is 0 Å². The molecule has 1 aromatic carbocycles. The molecule has 0 atom stereocenters. The second-order valence-corrected chi connectivity index (χ2v) is 4.53. The molecule has 5 heteroatoms. The summed E-state index contributed by atoms with van der Waals surface area (Å²) < 4.78 is 37.1. The molecule has 0 radical (unpaired) electrons. The molecule has 1 aromatic rings. The molecule has 0 saturated carbocycles. The Morgan fingerprint density at radius 3 is 1.95 bits per heavy atom. The average molecular weight is 274 g/mol. The Labute approximate surface area is 110 Å². The van der Waals surface area contributed by atoms with Gasteiger partial charge in [-0.1, -0.05) is 26.0 Å². The van der Waals surface area contributed by atoms with E-state index in [1.165, 1.54) is 12.1 Å². The fourth-order valence-corrected chi connectivity index (χ4v) is 1.81. The summed E-state index contributed by atoms with van der Waals surface area (Å²) in [6.45, 7) is 3.41. The molecule has 0 aromatic heterocycles. The van der Waals surface area contributed by atoms with E-state index in [0.717, 1.165) is 12.1 Å². The standard InChI is InChI=1S/C14H17F3O2/c1-3-13(19,4-2)12(18)9-10-5-7-11(8-6-10)14(15,16)17/h5-8,19H,3-4,9H2,1-2H3. The summed E-state index contributed by atoms with van der Waals surface area (Å²) in [7, 11) is 0. The number of carbonyl (C=O) groups excluding carboxylic acids is 1. The summed E-state index contributed by atoms with van der Waals surface area (Å²) in [6, 6.07) is 4.43. The van der Waals surface area contributed by atoms with Crippen molar-refractivity contribution in [3.05, 3.63) is 35.4 Å². The smallest absolute Gasteiger partial charge is 0.382 e. The van der Waals surface area contributed by atoms with E-state index in [-0.39, 0.29) is 12.2 Å². The Hall–Kier alpha value is -1.36. The van der Waals surface area contributed by atoms with Crippen molar-refractivity contribution in [1.82, 2.24) is 0 Å². The topological polar surface area (TPSA) is 37.3 Å². The van der Waals surface area contributed by atoms with Gasteiger partial charge in [0.05, 0.1) is 5.56 Å². The van der Waals surface area contributed by atoms with Crippen LogP contribution in [0.3, 0.4) is 0 Å². The molecule has 0 aliphatic heterocycles. The first kappa shape index (κ1) is 15.7. The molecule has 1 rings (SSSR count). The number of carbonyl (C=O) groups is 1. The number of hydrogen-bond donors (Lipinski definition) is 1. The first-order valence-electron chi connectivity index (χ1n) is 6.14. The first-order valence-corrected chi connectivity index (χ1v) is 6.14. The summed E-state index contributed by atoms with van der Waals surface area (Å²) in [4.78, 5) is 11.9. The van der Waals surface area contributed by atoms with Gasteiger partial charge < -0.3 is 5.11 Å². The van der Waals surface area contributed by atoms with Crippen LogP contribution in [0.1, 0.15) is 37.8 Å². The van der Waals surface area contributed by atoms with E-state index in [1.807, 2.05) is 0 Å². The van der Waals surface area contributed by atoms with Gasteiger partial charge in [-0.15, -0.1) is 0 Å². The van der Waals surface area contributed by atoms with E-state index >= 15 is 0 Å². The van der Waals surface area contributed by atoms with E-state index < -0.39 is 17.3 Å². The van der Waals surface area contributed by atoms with Crippen LogP contribution in [0.25, 0.3) is 0 Å². The predicted octanol–water partition coefficient (Wildman–Crippen LogP) is 3.37. The van der Waals surface area contributed by atoms with Crippen LogP contribution in [-0.2, 0) is 17.4 Å².